The molecule has 0 amide bonds. The molecule has 1 atom stereocenters. The van der Waals surface area contributed by atoms with Crippen LogP contribution in [-0.4, -0.2) is 14.9 Å². The second kappa shape index (κ2) is 4.23. The van der Waals surface area contributed by atoms with Crippen molar-refractivity contribution in [2.75, 3.05) is 0 Å². The van der Waals surface area contributed by atoms with E-state index in [1.165, 1.54) is 32.1 Å². The summed E-state index contributed by atoms with van der Waals surface area (Å²) in [5, 5.41) is 15.6. The number of aliphatic hydroxyl groups is 1. The molecule has 3 nitrogen and oxygen atoms in total. The van der Waals surface area contributed by atoms with E-state index >= 15 is 0 Å². The Morgan fingerprint density at radius 3 is 2.26 bits per heavy atom. The van der Waals surface area contributed by atoms with Crippen LogP contribution in [0.1, 0.15) is 43.9 Å². The number of hydrogen-bond acceptors (Lipinski definition) is 2. The minimum absolute atomic E-state index is 0.403. The molecule has 4 heteroatoms. The van der Waals surface area contributed by atoms with Crippen LogP contribution in [0.15, 0.2) is 6.20 Å². The van der Waals surface area contributed by atoms with Gasteiger partial charge in [0.2, 0.25) is 0 Å². The molecule has 1 heterocycles. The summed E-state index contributed by atoms with van der Waals surface area (Å²) < 4.78 is 1.75. The lowest BCUT2D eigenvalue weighted by atomic mass is 9.50. The molecule has 19 heavy (non-hydrogen) atoms. The fraction of sp³-hybridized carbons (Fsp3) is 0.800. The second-order valence-electron chi connectivity index (χ2n) is 6.95. The first-order valence-corrected chi connectivity index (χ1v) is 7.86. The first-order valence-electron chi connectivity index (χ1n) is 7.49. The Kier molecular flexibility index (Phi) is 2.72. The fourth-order valence-corrected chi connectivity index (χ4v) is 5.70. The van der Waals surface area contributed by atoms with Gasteiger partial charge in [0.15, 0.2) is 0 Å². The van der Waals surface area contributed by atoms with Crippen molar-refractivity contribution in [1.82, 2.24) is 9.78 Å². The topological polar surface area (TPSA) is 38.0 Å². The summed E-state index contributed by atoms with van der Waals surface area (Å²) in [7, 11) is 1.88. The van der Waals surface area contributed by atoms with Gasteiger partial charge >= 0.3 is 0 Å². The third kappa shape index (κ3) is 1.78. The van der Waals surface area contributed by atoms with Gasteiger partial charge in [-0.05, 0) is 61.7 Å². The summed E-state index contributed by atoms with van der Waals surface area (Å²) in [5.41, 5.74) is 0.819. The van der Waals surface area contributed by atoms with Crippen LogP contribution < -0.4 is 0 Å². The molecule has 4 saturated carbocycles. The number of nitrogens with zero attached hydrogens (tertiary/aromatic N) is 2. The molecule has 1 N–H and O–H groups in total. The molecule has 1 aromatic rings. The highest BCUT2D eigenvalue weighted by Crippen LogP contribution is 2.59. The van der Waals surface area contributed by atoms with Crippen molar-refractivity contribution in [2.45, 2.75) is 38.2 Å². The Morgan fingerprint density at radius 1 is 1.21 bits per heavy atom. The predicted molar refractivity (Wildman–Crippen MR) is 73.7 cm³/mol. The molecule has 1 unspecified atom stereocenters. The van der Waals surface area contributed by atoms with E-state index < -0.39 is 6.10 Å². The van der Waals surface area contributed by atoms with Gasteiger partial charge in [-0.3, -0.25) is 4.68 Å². The minimum atomic E-state index is -0.435. The van der Waals surface area contributed by atoms with Crippen LogP contribution in [-0.2, 0) is 7.05 Å². The van der Waals surface area contributed by atoms with E-state index in [2.05, 4.69) is 5.10 Å². The normalized spacial score (nSPS) is 41.7. The highest BCUT2D eigenvalue weighted by Gasteiger charge is 2.51. The van der Waals surface area contributed by atoms with Crippen molar-refractivity contribution in [3.63, 3.8) is 0 Å². The number of aliphatic hydroxyl groups excluding tert-OH is 1. The molecule has 0 radical (unpaired) electrons. The van der Waals surface area contributed by atoms with E-state index in [0.29, 0.717) is 22.8 Å². The third-order valence-electron chi connectivity index (χ3n) is 5.88. The number of hydrogen-bond donors (Lipinski definition) is 1. The zero-order valence-corrected chi connectivity index (χ0v) is 12.1. The molecular formula is C15H21ClN2O. The van der Waals surface area contributed by atoms with Gasteiger partial charge in [-0.15, -0.1) is 0 Å². The first kappa shape index (κ1) is 12.2. The molecule has 4 aliphatic carbocycles. The van der Waals surface area contributed by atoms with Crippen molar-refractivity contribution in [1.29, 1.82) is 0 Å². The third-order valence-corrected chi connectivity index (χ3v) is 6.17. The van der Waals surface area contributed by atoms with Crippen LogP contribution in [0.5, 0.6) is 0 Å². The molecule has 4 fully saturated rings. The van der Waals surface area contributed by atoms with Crippen LogP contribution >= 0.6 is 11.6 Å². The molecule has 4 bridgehead atoms. The maximum atomic E-state index is 10.9. The quantitative estimate of drug-likeness (QED) is 0.903. The van der Waals surface area contributed by atoms with Crippen molar-refractivity contribution in [3.8, 4) is 0 Å². The lowest BCUT2D eigenvalue weighted by Gasteiger charge is -2.55. The summed E-state index contributed by atoms with van der Waals surface area (Å²) >= 11 is 6.21. The molecule has 4 aliphatic rings. The van der Waals surface area contributed by atoms with E-state index in [9.17, 15) is 5.11 Å². The maximum Gasteiger partial charge on any atom is 0.100 e. The maximum absolute atomic E-state index is 10.9. The van der Waals surface area contributed by atoms with Gasteiger partial charge in [-0.2, -0.15) is 5.10 Å². The van der Waals surface area contributed by atoms with Crippen molar-refractivity contribution in [3.05, 3.63) is 16.9 Å². The van der Waals surface area contributed by atoms with Gasteiger partial charge in [-0.1, -0.05) is 11.6 Å². The summed E-state index contributed by atoms with van der Waals surface area (Å²) in [4.78, 5) is 0. The van der Waals surface area contributed by atoms with E-state index in [0.717, 1.165) is 17.5 Å². The highest BCUT2D eigenvalue weighted by molar-refractivity contribution is 6.31. The van der Waals surface area contributed by atoms with E-state index in [1.807, 2.05) is 7.05 Å². The smallest absolute Gasteiger partial charge is 0.100 e. The first-order chi connectivity index (χ1) is 9.13. The molecule has 0 aromatic carbocycles. The van der Waals surface area contributed by atoms with Crippen molar-refractivity contribution >= 4 is 11.6 Å². The molecule has 5 rings (SSSR count). The second-order valence-corrected chi connectivity index (χ2v) is 7.36. The Balaban J connectivity index is 1.66. The molecule has 1 aromatic heterocycles. The number of rotatable bonds is 2. The van der Waals surface area contributed by atoms with Crippen LogP contribution in [0.25, 0.3) is 0 Å². The largest absolute Gasteiger partial charge is 0.386 e. The Hall–Kier alpha value is -0.540. The van der Waals surface area contributed by atoms with Crippen LogP contribution in [0.4, 0.5) is 0 Å². The average molecular weight is 281 g/mol. The summed E-state index contributed by atoms with van der Waals surface area (Å²) in [6.45, 7) is 0. The van der Waals surface area contributed by atoms with Gasteiger partial charge in [0, 0.05) is 7.05 Å². The van der Waals surface area contributed by atoms with Gasteiger partial charge < -0.3 is 5.11 Å². The van der Waals surface area contributed by atoms with E-state index in [4.69, 9.17) is 11.6 Å². The standard InChI is InChI=1S/C15H21ClN2O/c1-18-14(12(16)7-17-18)15(19)13-10-3-8-2-9(5-10)6-11(13)4-8/h7-11,13,15,19H,2-6H2,1H3. The van der Waals surface area contributed by atoms with Crippen LogP contribution in [0.2, 0.25) is 5.02 Å². The highest BCUT2D eigenvalue weighted by atomic mass is 35.5. The zero-order chi connectivity index (χ0) is 13.1. The van der Waals surface area contributed by atoms with Gasteiger partial charge in [0.05, 0.1) is 16.9 Å². The van der Waals surface area contributed by atoms with E-state index in [1.54, 1.807) is 10.9 Å². The van der Waals surface area contributed by atoms with Gasteiger partial charge in [0.25, 0.3) is 0 Å². The SMILES string of the molecule is Cn1ncc(Cl)c1C(O)C1C2CC3CC(C2)CC1C3. The Bertz CT molecular complexity index is 451. The Labute approximate surface area is 118 Å². The zero-order valence-electron chi connectivity index (χ0n) is 11.3. The van der Waals surface area contributed by atoms with Crippen LogP contribution in [0, 0.1) is 29.6 Å². The van der Waals surface area contributed by atoms with Gasteiger partial charge in [-0.25, -0.2) is 0 Å². The van der Waals surface area contributed by atoms with Crippen LogP contribution in [0.3, 0.4) is 0 Å². The summed E-state index contributed by atoms with van der Waals surface area (Å²) in [6, 6.07) is 0. The van der Waals surface area contributed by atoms with E-state index in [-0.39, 0.29) is 0 Å². The lowest BCUT2D eigenvalue weighted by Crippen LogP contribution is -2.47. The molecule has 0 spiro atoms. The minimum Gasteiger partial charge on any atom is -0.386 e. The summed E-state index contributed by atoms with van der Waals surface area (Å²) in [5.74, 6) is 3.69. The van der Waals surface area contributed by atoms with Gasteiger partial charge in [0.1, 0.15) is 6.10 Å². The monoisotopic (exact) mass is 280 g/mol. The molecular weight excluding hydrogens is 260 g/mol. The fourth-order valence-electron chi connectivity index (χ4n) is 5.42. The lowest BCUT2D eigenvalue weighted by molar-refractivity contribution is -0.0927. The number of halogens is 1. The number of aryl methyl sites for hydroxylation is 1. The predicted octanol–water partition coefficient (Wildman–Crippen LogP) is 3.18. The van der Waals surface area contributed by atoms with Crippen molar-refractivity contribution in [2.24, 2.45) is 36.6 Å². The molecule has 0 aliphatic heterocycles. The Morgan fingerprint density at radius 2 is 1.79 bits per heavy atom. The average Bonchev–Trinajstić information content (AvgIpc) is 2.67. The summed E-state index contributed by atoms with van der Waals surface area (Å²) in [6.07, 6.45) is 7.95. The molecule has 0 saturated heterocycles. The number of aromatic nitrogens is 2. The van der Waals surface area contributed by atoms with Crippen molar-refractivity contribution < 1.29 is 5.11 Å². The molecule has 104 valence electrons.